The second-order valence-electron chi connectivity index (χ2n) is 7.21. The van der Waals surface area contributed by atoms with Gasteiger partial charge in [-0.3, -0.25) is 0 Å². The molecule has 1 unspecified atom stereocenters. The van der Waals surface area contributed by atoms with Gasteiger partial charge in [-0.15, -0.1) is 10.2 Å². The van der Waals surface area contributed by atoms with Crippen molar-refractivity contribution in [2.24, 2.45) is 0 Å². The van der Waals surface area contributed by atoms with Crippen LogP contribution in [0.4, 0.5) is 0 Å². The van der Waals surface area contributed by atoms with Crippen LogP contribution < -0.4 is 4.74 Å². The number of ether oxygens (including phenoxy) is 1. The molecule has 0 spiro atoms. The lowest BCUT2D eigenvalue weighted by Gasteiger charge is -2.32. The predicted molar refractivity (Wildman–Crippen MR) is 107 cm³/mol. The third-order valence-corrected chi connectivity index (χ3v) is 5.80. The molecule has 2 aromatic heterocycles. The largest absolute Gasteiger partial charge is 0.495 e. The van der Waals surface area contributed by atoms with Crippen LogP contribution in [0.25, 0.3) is 17.1 Å². The van der Waals surface area contributed by atoms with E-state index in [0.29, 0.717) is 30.2 Å². The first-order valence-corrected chi connectivity index (χ1v) is 9.81. The molecule has 152 valence electrons. The average Bonchev–Trinajstić information content (AvgIpc) is 3.39. The molecular weight excluding hydrogens is 394 g/mol. The molecule has 0 N–H and O–H groups in total. The maximum atomic E-state index is 12.5. The summed E-state index contributed by atoms with van der Waals surface area (Å²) >= 11 is 5.43. The zero-order valence-electron chi connectivity index (χ0n) is 16.6. The number of nitrogens with zero attached hydrogens (tertiary/aromatic N) is 5. The standard InChI is InChI=1S/C20H22ClN5O3/c1-4-20(19(27)29-21)8-5-9-26-17(23-24-18(20)26)14-6-7-15(16(10-14)28-3)25-11-13(2)22-12-25/h6-7,10-12H,4-5,8-9H2,1-3H3. The van der Waals surface area contributed by atoms with Gasteiger partial charge in [0.1, 0.15) is 23.0 Å². The van der Waals surface area contributed by atoms with Crippen LogP contribution in [0.3, 0.4) is 0 Å². The summed E-state index contributed by atoms with van der Waals surface area (Å²) in [6, 6.07) is 5.84. The summed E-state index contributed by atoms with van der Waals surface area (Å²) in [7, 11) is 1.63. The molecule has 4 rings (SSSR count). The Labute approximate surface area is 173 Å². The number of aromatic nitrogens is 5. The lowest BCUT2D eigenvalue weighted by molar-refractivity contribution is -0.142. The zero-order valence-corrected chi connectivity index (χ0v) is 17.3. The summed E-state index contributed by atoms with van der Waals surface area (Å²) in [6.07, 6.45) is 5.67. The molecule has 0 saturated heterocycles. The third kappa shape index (κ3) is 3.07. The van der Waals surface area contributed by atoms with Gasteiger partial charge in [-0.05, 0) is 44.4 Å². The number of fused-ring (bicyclic) bond motifs is 1. The Hall–Kier alpha value is -2.87. The van der Waals surface area contributed by atoms with Gasteiger partial charge in [0, 0.05) is 18.3 Å². The lowest BCUT2D eigenvalue weighted by atomic mass is 9.78. The van der Waals surface area contributed by atoms with Crippen LogP contribution in [0, 0.1) is 6.92 Å². The molecule has 29 heavy (non-hydrogen) atoms. The molecule has 1 aliphatic heterocycles. The molecule has 0 saturated carbocycles. The fourth-order valence-corrected chi connectivity index (χ4v) is 4.21. The van der Waals surface area contributed by atoms with Gasteiger partial charge < -0.3 is 18.2 Å². The molecule has 1 atom stereocenters. The highest BCUT2D eigenvalue weighted by Crippen LogP contribution is 2.40. The van der Waals surface area contributed by atoms with Crippen LogP contribution in [0.15, 0.2) is 30.7 Å². The van der Waals surface area contributed by atoms with Gasteiger partial charge in [0.05, 0.1) is 24.8 Å². The fourth-order valence-electron chi connectivity index (χ4n) is 4.06. The molecule has 1 aliphatic rings. The molecule has 0 fully saturated rings. The van der Waals surface area contributed by atoms with Crippen molar-refractivity contribution in [3.05, 3.63) is 42.2 Å². The first-order valence-electron chi connectivity index (χ1n) is 9.50. The number of hydrogen-bond donors (Lipinski definition) is 0. The quantitative estimate of drug-likeness (QED) is 0.633. The minimum absolute atomic E-state index is 0.482. The average molecular weight is 416 g/mol. The van der Waals surface area contributed by atoms with Crippen molar-refractivity contribution >= 4 is 17.8 Å². The Morgan fingerprint density at radius 2 is 2.17 bits per heavy atom. The summed E-state index contributed by atoms with van der Waals surface area (Å²) in [4.78, 5) is 16.7. The van der Waals surface area contributed by atoms with E-state index in [1.165, 1.54) is 0 Å². The maximum Gasteiger partial charge on any atom is 0.338 e. The van der Waals surface area contributed by atoms with Gasteiger partial charge >= 0.3 is 5.97 Å². The van der Waals surface area contributed by atoms with Crippen LogP contribution >= 0.6 is 11.9 Å². The molecule has 8 nitrogen and oxygen atoms in total. The Balaban J connectivity index is 1.79. The molecule has 1 aromatic carbocycles. The van der Waals surface area contributed by atoms with E-state index < -0.39 is 11.4 Å². The van der Waals surface area contributed by atoms with Crippen molar-refractivity contribution in [1.82, 2.24) is 24.3 Å². The first kappa shape index (κ1) is 19.4. The van der Waals surface area contributed by atoms with E-state index in [-0.39, 0.29) is 0 Å². The highest BCUT2D eigenvalue weighted by molar-refractivity contribution is 6.14. The van der Waals surface area contributed by atoms with Crippen molar-refractivity contribution < 1.29 is 13.8 Å². The molecule has 3 heterocycles. The maximum absolute atomic E-state index is 12.5. The summed E-state index contributed by atoms with van der Waals surface area (Å²) in [5.74, 6) is 1.49. The molecule has 0 bridgehead atoms. The van der Waals surface area contributed by atoms with Crippen LogP contribution in [-0.2, 0) is 21.0 Å². The molecule has 0 aliphatic carbocycles. The zero-order chi connectivity index (χ0) is 20.6. The monoisotopic (exact) mass is 415 g/mol. The number of halogens is 1. The normalized spacial score (nSPS) is 18.3. The van der Waals surface area contributed by atoms with E-state index in [4.69, 9.17) is 16.6 Å². The third-order valence-electron chi connectivity index (χ3n) is 5.66. The topological polar surface area (TPSA) is 84.1 Å². The van der Waals surface area contributed by atoms with E-state index in [1.54, 1.807) is 13.4 Å². The number of aryl methyl sites for hydroxylation is 1. The predicted octanol–water partition coefficient (Wildman–Crippen LogP) is 3.59. The molecule has 9 heteroatoms. The number of hydrogen-bond acceptors (Lipinski definition) is 6. The number of benzene rings is 1. The summed E-state index contributed by atoms with van der Waals surface area (Å²) < 4.78 is 14.1. The van der Waals surface area contributed by atoms with E-state index in [0.717, 1.165) is 29.9 Å². The van der Waals surface area contributed by atoms with E-state index in [1.807, 2.05) is 47.4 Å². The van der Waals surface area contributed by atoms with Gasteiger partial charge in [-0.25, -0.2) is 9.78 Å². The molecule has 3 aromatic rings. The molecule has 0 radical (unpaired) electrons. The molecule has 0 amide bonds. The van der Waals surface area contributed by atoms with Gasteiger partial charge in [-0.2, -0.15) is 0 Å². The number of carbonyl (C=O) groups excluding carboxylic acids is 1. The Bertz CT molecular complexity index is 1060. The van der Waals surface area contributed by atoms with E-state index in [9.17, 15) is 4.79 Å². The van der Waals surface area contributed by atoms with Crippen LogP contribution in [-0.4, -0.2) is 37.4 Å². The number of imidazole rings is 1. The number of methoxy groups -OCH3 is 1. The number of rotatable bonds is 5. The van der Waals surface area contributed by atoms with Crippen molar-refractivity contribution in [3.8, 4) is 22.8 Å². The second-order valence-corrected chi connectivity index (χ2v) is 7.37. The first-order chi connectivity index (χ1) is 14.0. The lowest BCUT2D eigenvalue weighted by Crippen LogP contribution is -2.41. The minimum atomic E-state index is -0.871. The number of carbonyl (C=O) groups is 1. The van der Waals surface area contributed by atoms with Crippen molar-refractivity contribution in [2.75, 3.05) is 7.11 Å². The summed E-state index contributed by atoms with van der Waals surface area (Å²) in [6.45, 7) is 4.59. The van der Waals surface area contributed by atoms with Gasteiger partial charge in [0.25, 0.3) is 0 Å². The summed E-state index contributed by atoms with van der Waals surface area (Å²) in [5, 5.41) is 8.76. The smallest absolute Gasteiger partial charge is 0.338 e. The van der Waals surface area contributed by atoms with Crippen molar-refractivity contribution in [2.45, 2.75) is 45.1 Å². The van der Waals surface area contributed by atoms with Crippen LogP contribution in [0.2, 0.25) is 0 Å². The van der Waals surface area contributed by atoms with Crippen LogP contribution in [0.1, 0.15) is 37.7 Å². The van der Waals surface area contributed by atoms with E-state index in [2.05, 4.69) is 19.5 Å². The van der Waals surface area contributed by atoms with Crippen molar-refractivity contribution in [1.29, 1.82) is 0 Å². The van der Waals surface area contributed by atoms with Crippen molar-refractivity contribution in [3.63, 3.8) is 0 Å². The van der Waals surface area contributed by atoms with Gasteiger partial charge in [0.2, 0.25) is 0 Å². The second kappa shape index (κ2) is 7.51. The Kier molecular flexibility index (Phi) is 5.04. The van der Waals surface area contributed by atoms with Gasteiger partial charge in [-0.1, -0.05) is 6.92 Å². The Morgan fingerprint density at radius 1 is 1.34 bits per heavy atom. The summed E-state index contributed by atoms with van der Waals surface area (Å²) in [5.41, 5.74) is 1.78. The minimum Gasteiger partial charge on any atom is -0.495 e. The molecular formula is C20H22ClN5O3. The Morgan fingerprint density at radius 3 is 2.83 bits per heavy atom. The fraction of sp³-hybridized carbons (Fsp3) is 0.400. The van der Waals surface area contributed by atoms with E-state index >= 15 is 0 Å². The highest BCUT2D eigenvalue weighted by Gasteiger charge is 2.47. The van der Waals surface area contributed by atoms with Gasteiger partial charge in [0.15, 0.2) is 11.6 Å². The highest BCUT2D eigenvalue weighted by atomic mass is 35.5. The SMILES string of the molecule is CCC1(C(=O)OCl)CCCn2c(-c3ccc(-n4cnc(C)c4)c(OC)c3)nnc21. The van der Waals surface area contributed by atoms with Crippen LogP contribution in [0.5, 0.6) is 5.75 Å².